The van der Waals surface area contributed by atoms with Crippen molar-refractivity contribution in [3.63, 3.8) is 0 Å². The van der Waals surface area contributed by atoms with Gasteiger partial charge in [0.1, 0.15) is 11.8 Å². The number of rotatable bonds is 6. The van der Waals surface area contributed by atoms with E-state index in [1.165, 1.54) is 26.2 Å². The van der Waals surface area contributed by atoms with Gasteiger partial charge < -0.3 is 0 Å². The molecular weight excluding hydrogens is 406 g/mol. The summed E-state index contributed by atoms with van der Waals surface area (Å²) in [5.74, 6) is -4.18. The number of ketones is 2. The van der Waals surface area contributed by atoms with E-state index in [-0.39, 0.29) is 23.6 Å². The Kier molecular flexibility index (Phi) is 6.12. The van der Waals surface area contributed by atoms with Gasteiger partial charge >= 0.3 is 6.03 Å². The van der Waals surface area contributed by atoms with Crippen molar-refractivity contribution in [1.29, 1.82) is 5.41 Å². The Hall–Kier alpha value is -3.32. The van der Waals surface area contributed by atoms with E-state index in [1.807, 2.05) is 0 Å². The lowest BCUT2D eigenvalue weighted by Crippen LogP contribution is -2.59. The predicted octanol–water partition coefficient (Wildman–Crippen LogP) is 3.53. The third-order valence-electron chi connectivity index (χ3n) is 5.20. The smallest absolute Gasteiger partial charge is 0.294 e. The summed E-state index contributed by atoms with van der Waals surface area (Å²) in [4.78, 5) is 53.2. The second kappa shape index (κ2) is 8.59. The van der Waals surface area contributed by atoms with Crippen molar-refractivity contribution in [2.75, 3.05) is 14.1 Å². The highest BCUT2D eigenvalue weighted by Crippen LogP contribution is 2.30. The number of hydrogen-bond acceptors (Lipinski definition) is 5. The molecule has 2 aromatic rings. The summed E-state index contributed by atoms with van der Waals surface area (Å²) in [7, 11) is 2.66. The lowest BCUT2D eigenvalue weighted by atomic mass is 9.78. The van der Waals surface area contributed by atoms with Crippen molar-refractivity contribution >= 4 is 40.9 Å². The number of halogens is 1. The molecule has 0 bridgehead atoms. The average Bonchev–Trinajstić information content (AvgIpc) is 2.76. The number of urea groups is 1. The maximum Gasteiger partial charge on any atom is 0.331 e. The molecule has 1 saturated heterocycles. The van der Waals surface area contributed by atoms with Crippen LogP contribution in [0.25, 0.3) is 0 Å². The number of Topliss-reactive ketones (excluding diaryl/α,β-unsaturated/α-hetero) is 2. The summed E-state index contributed by atoms with van der Waals surface area (Å²) >= 11 is 5.91. The Balaban J connectivity index is 2.02. The predicted molar refractivity (Wildman–Crippen MR) is 112 cm³/mol. The van der Waals surface area contributed by atoms with E-state index >= 15 is 0 Å². The Morgan fingerprint density at radius 1 is 0.967 bits per heavy atom. The first-order chi connectivity index (χ1) is 14.2. The number of benzene rings is 2. The Bertz CT molecular complexity index is 996. The Labute approximate surface area is 178 Å². The highest BCUT2D eigenvalue weighted by molar-refractivity contribution is 6.30. The SMILES string of the molecule is CN1C(=N)C(C(CC(=O)c2ccccc2)C(=O)c2ccc(Cl)cc2)C(=O)N(C)C1=O. The Morgan fingerprint density at radius 2 is 1.57 bits per heavy atom. The molecular formula is C22H20ClN3O4. The van der Waals surface area contributed by atoms with Crippen molar-refractivity contribution in [3.05, 3.63) is 70.7 Å². The third kappa shape index (κ3) is 4.02. The number of nitrogens with one attached hydrogen (secondary N) is 1. The molecule has 1 heterocycles. The molecule has 1 aliphatic rings. The minimum atomic E-state index is -1.26. The second-order valence-electron chi connectivity index (χ2n) is 7.07. The van der Waals surface area contributed by atoms with Crippen LogP contribution in [-0.4, -0.2) is 53.2 Å². The molecule has 2 unspecified atom stereocenters. The topological polar surface area (TPSA) is 98.6 Å². The molecule has 0 aliphatic carbocycles. The zero-order chi connectivity index (χ0) is 22.0. The summed E-state index contributed by atoms with van der Waals surface area (Å²) in [6, 6.07) is 13.9. The van der Waals surface area contributed by atoms with E-state index in [0.29, 0.717) is 10.6 Å². The molecule has 0 aromatic heterocycles. The van der Waals surface area contributed by atoms with Crippen LogP contribution in [0.2, 0.25) is 5.02 Å². The number of carbonyl (C=O) groups excluding carboxylic acids is 4. The van der Waals surface area contributed by atoms with Crippen molar-refractivity contribution in [2.45, 2.75) is 6.42 Å². The van der Waals surface area contributed by atoms with Crippen LogP contribution in [0.1, 0.15) is 27.1 Å². The minimum absolute atomic E-state index is 0.271. The van der Waals surface area contributed by atoms with Crippen molar-refractivity contribution < 1.29 is 19.2 Å². The van der Waals surface area contributed by atoms with Gasteiger partial charge in [-0.1, -0.05) is 41.9 Å². The summed E-state index contributed by atoms with van der Waals surface area (Å²) in [6.07, 6.45) is -0.278. The molecule has 1 aliphatic heterocycles. The molecule has 3 amide bonds. The van der Waals surface area contributed by atoms with Crippen LogP contribution in [0.5, 0.6) is 0 Å². The van der Waals surface area contributed by atoms with Gasteiger partial charge in [0.05, 0.1) is 0 Å². The Morgan fingerprint density at radius 3 is 2.17 bits per heavy atom. The molecule has 0 spiro atoms. The third-order valence-corrected chi connectivity index (χ3v) is 5.45. The molecule has 2 aromatic carbocycles. The zero-order valence-corrected chi connectivity index (χ0v) is 17.2. The largest absolute Gasteiger partial charge is 0.331 e. The highest BCUT2D eigenvalue weighted by Gasteiger charge is 2.47. The number of nitrogens with zero attached hydrogens (tertiary/aromatic N) is 2. The molecule has 7 nitrogen and oxygen atoms in total. The first kappa shape index (κ1) is 21.4. The van der Waals surface area contributed by atoms with Crippen LogP contribution >= 0.6 is 11.6 Å². The van der Waals surface area contributed by atoms with Gasteiger partial charge in [-0.3, -0.25) is 29.6 Å². The standard InChI is InChI=1S/C22H20ClN3O4/c1-25-20(24)18(21(29)26(2)22(25)30)16(12-17(27)13-6-4-3-5-7-13)19(28)14-8-10-15(23)11-9-14/h3-11,16,18,24H,12H2,1-2H3. The van der Waals surface area contributed by atoms with Gasteiger partial charge in [0.15, 0.2) is 11.6 Å². The first-order valence-corrected chi connectivity index (χ1v) is 9.62. The number of amides is 3. The number of imide groups is 1. The van der Waals surface area contributed by atoms with Gasteiger partial charge in [0.2, 0.25) is 5.91 Å². The molecule has 8 heteroatoms. The van der Waals surface area contributed by atoms with Crippen LogP contribution in [0.15, 0.2) is 54.6 Å². The molecule has 154 valence electrons. The van der Waals surface area contributed by atoms with Crippen LogP contribution in [0.4, 0.5) is 4.79 Å². The van der Waals surface area contributed by atoms with Crippen molar-refractivity contribution in [2.24, 2.45) is 11.8 Å². The minimum Gasteiger partial charge on any atom is -0.294 e. The van der Waals surface area contributed by atoms with Crippen molar-refractivity contribution in [1.82, 2.24) is 9.80 Å². The summed E-state index contributed by atoms with van der Waals surface area (Å²) < 4.78 is 0. The van der Waals surface area contributed by atoms with Crippen LogP contribution in [-0.2, 0) is 4.79 Å². The summed E-state index contributed by atoms with van der Waals surface area (Å²) in [5.41, 5.74) is 0.673. The quantitative estimate of drug-likeness (QED) is 0.715. The maximum atomic E-state index is 13.3. The second-order valence-corrected chi connectivity index (χ2v) is 7.51. The van der Waals surface area contributed by atoms with Gasteiger partial charge in [0.25, 0.3) is 0 Å². The average molecular weight is 426 g/mol. The van der Waals surface area contributed by atoms with Gasteiger partial charge in [-0.15, -0.1) is 0 Å². The van der Waals surface area contributed by atoms with Crippen LogP contribution in [0.3, 0.4) is 0 Å². The summed E-state index contributed by atoms with van der Waals surface area (Å²) in [5, 5.41) is 8.78. The maximum absolute atomic E-state index is 13.3. The molecule has 3 rings (SSSR count). The highest BCUT2D eigenvalue weighted by atomic mass is 35.5. The van der Waals surface area contributed by atoms with Gasteiger partial charge in [-0.2, -0.15) is 0 Å². The number of carbonyl (C=O) groups is 4. The van der Waals surface area contributed by atoms with E-state index in [2.05, 4.69) is 0 Å². The first-order valence-electron chi connectivity index (χ1n) is 9.24. The van der Waals surface area contributed by atoms with Gasteiger partial charge in [-0.05, 0) is 24.3 Å². The zero-order valence-electron chi connectivity index (χ0n) is 16.5. The monoisotopic (exact) mass is 425 g/mol. The molecule has 0 saturated carbocycles. The molecule has 1 fully saturated rings. The van der Waals surface area contributed by atoms with E-state index in [9.17, 15) is 19.2 Å². The van der Waals surface area contributed by atoms with Crippen LogP contribution < -0.4 is 0 Å². The van der Waals surface area contributed by atoms with Gasteiger partial charge in [0, 0.05) is 42.6 Å². The summed E-state index contributed by atoms with van der Waals surface area (Å²) in [6.45, 7) is 0. The van der Waals surface area contributed by atoms with E-state index in [4.69, 9.17) is 17.0 Å². The lowest BCUT2D eigenvalue weighted by molar-refractivity contribution is -0.131. The van der Waals surface area contributed by atoms with E-state index in [0.717, 1.165) is 9.80 Å². The fourth-order valence-corrected chi connectivity index (χ4v) is 3.58. The molecule has 2 atom stereocenters. The van der Waals surface area contributed by atoms with Crippen molar-refractivity contribution in [3.8, 4) is 0 Å². The molecule has 0 radical (unpaired) electrons. The lowest BCUT2D eigenvalue weighted by Gasteiger charge is -2.37. The van der Waals surface area contributed by atoms with E-state index in [1.54, 1.807) is 42.5 Å². The molecule has 1 N–H and O–H groups in total. The fourth-order valence-electron chi connectivity index (χ4n) is 3.45. The number of amidine groups is 1. The fraction of sp³-hybridized carbons (Fsp3) is 0.227. The number of hydrogen-bond donors (Lipinski definition) is 1. The normalized spacial score (nSPS) is 17.8. The van der Waals surface area contributed by atoms with Crippen LogP contribution in [0, 0.1) is 17.2 Å². The molecule has 30 heavy (non-hydrogen) atoms. The van der Waals surface area contributed by atoms with Gasteiger partial charge in [-0.25, -0.2) is 4.79 Å². The van der Waals surface area contributed by atoms with E-state index < -0.39 is 29.6 Å².